The Morgan fingerprint density at radius 3 is 2.57 bits per heavy atom. The van der Waals surface area contributed by atoms with Gasteiger partial charge < -0.3 is 14.4 Å². The molecular weight excluding hydrogens is 275 g/mol. The average molecular weight is 296 g/mol. The number of rotatable bonds is 2. The first-order valence-corrected chi connectivity index (χ1v) is 6.97. The summed E-state index contributed by atoms with van der Waals surface area (Å²) in [5.74, 6) is -0.482. The monoisotopic (exact) mass is 296 g/mol. The molecule has 1 aliphatic rings. The van der Waals surface area contributed by atoms with Gasteiger partial charge in [-0.2, -0.15) is 0 Å². The molecule has 1 aromatic carbocycles. The molecule has 1 amide bonds. The molecule has 1 fully saturated rings. The lowest BCUT2D eigenvalue weighted by Gasteiger charge is -2.29. The maximum Gasteiger partial charge on any atom is 0.412 e. The first-order chi connectivity index (χ1) is 9.85. The average Bonchev–Trinajstić information content (AvgIpc) is 2.40. The summed E-state index contributed by atoms with van der Waals surface area (Å²) in [6.45, 7) is 8.01. The third-order valence-electron chi connectivity index (χ3n) is 2.96. The van der Waals surface area contributed by atoms with E-state index in [1.54, 1.807) is 32.9 Å². The van der Waals surface area contributed by atoms with Crippen molar-refractivity contribution in [3.05, 3.63) is 24.0 Å². The van der Waals surface area contributed by atoms with Gasteiger partial charge >= 0.3 is 6.09 Å². The van der Waals surface area contributed by atoms with E-state index in [0.717, 1.165) is 18.8 Å². The molecule has 0 radical (unpaired) electrons. The van der Waals surface area contributed by atoms with Gasteiger partial charge in [0.15, 0.2) is 0 Å². The lowest BCUT2D eigenvalue weighted by Crippen LogP contribution is -2.36. The van der Waals surface area contributed by atoms with Crippen LogP contribution < -0.4 is 10.2 Å². The van der Waals surface area contributed by atoms with Crippen molar-refractivity contribution in [1.29, 1.82) is 0 Å². The highest BCUT2D eigenvalue weighted by Gasteiger charge is 2.18. The van der Waals surface area contributed by atoms with Crippen molar-refractivity contribution in [2.45, 2.75) is 26.4 Å². The number of benzene rings is 1. The Morgan fingerprint density at radius 2 is 2.00 bits per heavy atom. The van der Waals surface area contributed by atoms with E-state index in [1.165, 1.54) is 6.07 Å². The van der Waals surface area contributed by atoms with Crippen molar-refractivity contribution in [3.8, 4) is 0 Å². The van der Waals surface area contributed by atoms with E-state index < -0.39 is 17.5 Å². The normalized spacial score (nSPS) is 15.7. The minimum absolute atomic E-state index is 0.112. The summed E-state index contributed by atoms with van der Waals surface area (Å²) < 4.78 is 24.4. The molecule has 0 unspecified atom stereocenters. The van der Waals surface area contributed by atoms with Crippen LogP contribution in [0.3, 0.4) is 0 Å². The molecule has 116 valence electrons. The van der Waals surface area contributed by atoms with Gasteiger partial charge in [0.2, 0.25) is 0 Å². The highest BCUT2D eigenvalue weighted by Crippen LogP contribution is 2.23. The minimum atomic E-state index is -0.666. The Labute approximate surface area is 124 Å². The number of hydrogen-bond donors (Lipinski definition) is 1. The molecule has 0 bridgehead atoms. The highest BCUT2D eigenvalue weighted by molar-refractivity contribution is 5.85. The summed E-state index contributed by atoms with van der Waals surface area (Å²) in [5, 5.41) is 2.42. The topological polar surface area (TPSA) is 50.8 Å². The van der Waals surface area contributed by atoms with Gasteiger partial charge in [-0.1, -0.05) is 0 Å². The van der Waals surface area contributed by atoms with E-state index in [-0.39, 0.29) is 5.69 Å². The van der Waals surface area contributed by atoms with E-state index in [4.69, 9.17) is 9.47 Å². The van der Waals surface area contributed by atoms with Crippen molar-refractivity contribution in [1.82, 2.24) is 0 Å². The van der Waals surface area contributed by atoms with Gasteiger partial charge in [-0.3, -0.25) is 5.32 Å². The first-order valence-electron chi connectivity index (χ1n) is 6.97. The fourth-order valence-corrected chi connectivity index (χ4v) is 2.04. The van der Waals surface area contributed by atoms with Crippen LogP contribution in [0, 0.1) is 5.82 Å². The standard InChI is InChI=1S/C15H21FN2O3/c1-15(2,3)21-14(19)17-13-5-4-11(10-12(13)16)18-6-8-20-9-7-18/h4-5,10H,6-9H2,1-3H3,(H,17,19). The number of anilines is 2. The summed E-state index contributed by atoms with van der Waals surface area (Å²) in [7, 11) is 0. The summed E-state index contributed by atoms with van der Waals surface area (Å²) in [4.78, 5) is 13.7. The molecule has 1 heterocycles. The number of nitrogens with one attached hydrogen (secondary N) is 1. The molecule has 0 aliphatic carbocycles. The summed E-state index contributed by atoms with van der Waals surface area (Å²) in [6.07, 6.45) is -0.666. The molecule has 6 heteroatoms. The number of carbonyl (C=O) groups excluding carboxylic acids is 1. The fourth-order valence-electron chi connectivity index (χ4n) is 2.04. The van der Waals surface area contributed by atoms with Crippen molar-refractivity contribution in [2.75, 3.05) is 36.5 Å². The van der Waals surface area contributed by atoms with Crippen molar-refractivity contribution < 1.29 is 18.7 Å². The molecule has 0 atom stereocenters. The van der Waals surface area contributed by atoms with E-state index in [2.05, 4.69) is 5.32 Å². The van der Waals surface area contributed by atoms with Crippen LogP contribution in [0.2, 0.25) is 0 Å². The molecule has 0 aromatic heterocycles. The number of ether oxygens (including phenoxy) is 2. The Balaban J connectivity index is 2.03. The van der Waals surface area contributed by atoms with Crippen LogP contribution in [-0.4, -0.2) is 38.0 Å². The molecule has 0 saturated carbocycles. The second kappa shape index (κ2) is 6.30. The lowest BCUT2D eigenvalue weighted by molar-refractivity contribution is 0.0635. The number of carbonyl (C=O) groups is 1. The molecule has 2 rings (SSSR count). The van der Waals surface area contributed by atoms with Crippen molar-refractivity contribution in [2.24, 2.45) is 0 Å². The van der Waals surface area contributed by atoms with E-state index in [9.17, 15) is 9.18 Å². The minimum Gasteiger partial charge on any atom is -0.444 e. The quantitative estimate of drug-likeness (QED) is 0.911. The van der Waals surface area contributed by atoms with Gasteiger partial charge in [0, 0.05) is 18.8 Å². The summed E-state index contributed by atoms with van der Waals surface area (Å²) in [5.41, 5.74) is 0.278. The Kier molecular flexibility index (Phi) is 4.67. The van der Waals surface area contributed by atoms with Crippen molar-refractivity contribution in [3.63, 3.8) is 0 Å². The zero-order valence-electron chi connectivity index (χ0n) is 12.6. The third kappa shape index (κ3) is 4.60. The maximum absolute atomic E-state index is 14.1. The highest BCUT2D eigenvalue weighted by atomic mass is 19.1. The third-order valence-corrected chi connectivity index (χ3v) is 2.96. The van der Waals surface area contributed by atoms with Gasteiger partial charge in [0.05, 0.1) is 18.9 Å². The van der Waals surface area contributed by atoms with Crippen molar-refractivity contribution >= 4 is 17.5 Å². The number of hydrogen-bond acceptors (Lipinski definition) is 4. The molecule has 5 nitrogen and oxygen atoms in total. The maximum atomic E-state index is 14.1. The van der Waals surface area contributed by atoms with Gasteiger partial charge in [0.25, 0.3) is 0 Å². The zero-order chi connectivity index (χ0) is 15.5. The van der Waals surface area contributed by atoms with Crippen LogP contribution in [0.15, 0.2) is 18.2 Å². The molecule has 0 spiro atoms. The number of morpholine rings is 1. The second-order valence-corrected chi connectivity index (χ2v) is 5.89. The first kappa shape index (κ1) is 15.6. The fraction of sp³-hybridized carbons (Fsp3) is 0.533. The Bertz CT molecular complexity index is 508. The summed E-state index contributed by atoms with van der Waals surface area (Å²) in [6, 6.07) is 4.74. The van der Waals surface area contributed by atoms with Crippen LogP contribution in [0.4, 0.5) is 20.6 Å². The lowest BCUT2D eigenvalue weighted by atomic mass is 10.2. The number of amides is 1. The van der Waals surface area contributed by atoms with Crippen LogP contribution in [0.25, 0.3) is 0 Å². The summed E-state index contributed by atoms with van der Waals surface area (Å²) >= 11 is 0. The van der Waals surface area contributed by atoms with Crippen LogP contribution in [0.1, 0.15) is 20.8 Å². The molecule has 21 heavy (non-hydrogen) atoms. The SMILES string of the molecule is CC(C)(C)OC(=O)Nc1ccc(N2CCOCC2)cc1F. The Morgan fingerprint density at radius 1 is 1.33 bits per heavy atom. The number of halogens is 1. The number of nitrogens with zero attached hydrogens (tertiary/aromatic N) is 1. The largest absolute Gasteiger partial charge is 0.444 e. The van der Waals surface area contributed by atoms with Crippen LogP contribution in [-0.2, 0) is 9.47 Å². The smallest absolute Gasteiger partial charge is 0.412 e. The van der Waals surface area contributed by atoms with Gasteiger partial charge in [-0.25, -0.2) is 9.18 Å². The Hall–Kier alpha value is -1.82. The van der Waals surface area contributed by atoms with E-state index in [1.807, 2.05) is 4.90 Å². The molecular formula is C15H21FN2O3. The van der Waals surface area contributed by atoms with Gasteiger partial charge in [-0.05, 0) is 39.0 Å². The predicted octanol–water partition coefficient (Wildman–Crippen LogP) is 3.01. The zero-order valence-corrected chi connectivity index (χ0v) is 12.6. The van der Waals surface area contributed by atoms with E-state index in [0.29, 0.717) is 13.2 Å². The van der Waals surface area contributed by atoms with Gasteiger partial charge in [-0.15, -0.1) is 0 Å². The van der Waals surface area contributed by atoms with Gasteiger partial charge in [0.1, 0.15) is 11.4 Å². The molecule has 1 aromatic rings. The molecule has 1 saturated heterocycles. The molecule has 1 N–H and O–H groups in total. The van der Waals surface area contributed by atoms with E-state index >= 15 is 0 Å². The van der Waals surface area contributed by atoms with Crippen LogP contribution >= 0.6 is 0 Å². The van der Waals surface area contributed by atoms with Crippen LogP contribution in [0.5, 0.6) is 0 Å². The second-order valence-electron chi connectivity index (χ2n) is 5.89. The molecule has 1 aliphatic heterocycles. The predicted molar refractivity (Wildman–Crippen MR) is 79.3 cm³/mol.